The number of aromatic nitrogens is 1. The summed E-state index contributed by atoms with van der Waals surface area (Å²) in [5.41, 5.74) is 0.648. The van der Waals surface area contributed by atoms with Gasteiger partial charge >= 0.3 is 0 Å². The summed E-state index contributed by atoms with van der Waals surface area (Å²) in [6.07, 6.45) is 7.58. The predicted octanol–water partition coefficient (Wildman–Crippen LogP) is 2.43. The van der Waals surface area contributed by atoms with E-state index in [2.05, 4.69) is 4.98 Å². The molecule has 0 aromatic carbocycles. The molecule has 4 nitrogen and oxygen atoms in total. The highest BCUT2D eigenvalue weighted by molar-refractivity contribution is 7.98. The Morgan fingerprint density at radius 3 is 2.60 bits per heavy atom. The molecule has 1 aliphatic carbocycles. The third-order valence-electron chi connectivity index (χ3n) is 4.13. The number of aliphatic hydroxyl groups excluding tert-OH is 1. The first-order valence-corrected chi connectivity index (χ1v) is 8.26. The third kappa shape index (κ3) is 3.52. The Morgan fingerprint density at radius 1 is 1.40 bits per heavy atom. The van der Waals surface area contributed by atoms with Gasteiger partial charge in [0.1, 0.15) is 0 Å². The van der Waals surface area contributed by atoms with Crippen molar-refractivity contribution in [3.05, 3.63) is 23.9 Å². The fourth-order valence-corrected chi connectivity index (χ4v) is 3.07. The van der Waals surface area contributed by atoms with Gasteiger partial charge in [-0.25, -0.2) is 4.98 Å². The van der Waals surface area contributed by atoms with Crippen molar-refractivity contribution in [3.8, 4) is 0 Å². The average Bonchev–Trinajstić information content (AvgIpc) is 2.53. The number of carbonyl (C=O) groups excluding carboxylic acids is 1. The lowest BCUT2D eigenvalue weighted by Gasteiger charge is -2.34. The van der Waals surface area contributed by atoms with E-state index < -0.39 is 0 Å². The maximum atomic E-state index is 12.4. The standard InChI is InChI=1S/C15H22N2O2S/c1-17(13-6-3-11(10-18)4-7-13)15(19)12-5-8-14(20-2)16-9-12/h5,8-9,11,13,18H,3-4,6-7,10H2,1-2H3. The van der Waals surface area contributed by atoms with Crippen LogP contribution in [-0.2, 0) is 0 Å². The highest BCUT2D eigenvalue weighted by Gasteiger charge is 2.26. The molecule has 1 N–H and O–H groups in total. The molecule has 1 amide bonds. The van der Waals surface area contributed by atoms with Crippen LogP contribution in [0.5, 0.6) is 0 Å². The number of amides is 1. The summed E-state index contributed by atoms with van der Waals surface area (Å²) < 4.78 is 0. The summed E-state index contributed by atoms with van der Waals surface area (Å²) >= 11 is 1.57. The number of pyridine rings is 1. The van der Waals surface area contributed by atoms with Crippen LogP contribution in [0.15, 0.2) is 23.4 Å². The van der Waals surface area contributed by atoms with Crippen molar-refractivity contribution in [3.63, 3.8) is 0 Å². The minimum Gasteiger partial charge on any atom is -0.396 e. The zero-order chi connectivity index (χ0) is 14.5. The molecule has 0 bridgehead atoms. The summed E-state index contributed by atoms with van der Waals surface area (Å²) in [5, 5.41) is 10.1. The second-order valence-corrected chi connectivity index (χ2v) is 6.19. The Balaban J connectivity index is 1.97. The van der Waals surface area contributed by atoms with Crippen molar-refractivity contribution in [2.75, 3.05) is 19.9 Å². The van der Waals surface area contributed by atoms with E-state index in [0.717, 1.165) is 30.7 Å². The first-order valence-electron chi connectivity index (χ1n) is 7.03. The smallest absolute Gasteiger partial charge is 0.255 e. The van der Waals surface area contributed by atoms with Gasteiger partial charge in [-0.2, -0.15) is 0 Å². The van der Waals surface area contributed by atoms with E-state index in [9.17, 15) is 4.79 Å². The first-order chi connectivity index (χ1) is 9.65. The number of thioether (sulfide) groups is 1. The van der Waals surface area contributed by atoms with E-state index in [4.69, 9.17) is 5.11 Å². The zero-order valence-corrected chi connectivity index (χ0v) is 12.9. The van der Waals surface area contributed by atoms with Gasteiger partial charge in [0.25, 0.3) is 5.91 Å². The van der Waals surface area contributed by atoms with Crippen molar-refractivity contribution in [2.24, 2.45) is 5.92 Å². The maximum absolute atomic E-state index is 12.4. The molecule has 110 valence electrons. The van der Waals surface area contributed by atoms with Crippen LogP contribution in [0.3, 0.4) is 0 Å². The Bertz CT molecular complexity index is 442. The van der Waals surface area contributed by atoms with Crippen LogP contribution in [0.2, 0.25) is 0 Å². The lowest BCUT2D eigenvalue weighted by molar-refractivity contribution is 0.0652. The van der Waals surface area contributed by atoms with Crippen LogP contribution in [0.4, 0.5) is 0 Å². The van der Waals surface area contributed by atoms with E-state index >= 15 is 0 Å². The maximum Gasteiger partial charge on any atom is 0.255 e. The number of hydrogen-bond acceptors (Lipinski definition) is 4. The van der Waals surface area contributed by atoms with Gasteiger partial charge in [0.05, 0.1) is 10.6 Å². The van der Waals surface area contributed by atoms with Crippen LogP contribution in [-0.4, -0.2) is 46.8 Å². The molecule has 0 aliphatic heterocycles. The van der Waals surface area contributed by atoms with Crippen LogP contribution < -0.4 is 0 Å². The molecule has 1 aromatic heterocycles. The van der Waals surface area contributed by atoms with E-state index in [0.29, 0.717) is 11.5 Å². The SMILES string of the molecule is CSc1ccc(C(=O)N(C)C2CCC(CO)CC2)cn1. The second kappa shape index (κ2) is 7.09. The van der Waals surface area contributed by atoms with Gasteiger partial charge in [-0.15, -0.1) is 11.8 Å². The quantitative estimate of drug-likeness (QED) is 0.867. The molecular formula is C15H22N2O2S. The molecule has 0 spiro atoms. The van der Waals surface area contributed by atoms with Gasteiger partial charge < -0.3 is 10.0 Å². The topological polar surface area (TPSA) is 53.4 Å². The van der Waals surface area contributed by atoms with Gasteiger partial charge in [-0.3, -0.25) is 4.79 Å². The van der Waals surface area contributed by atoms with E-state index in [1.807, 2.05) is 30.3 Å². The number of aliphatic hydroxyl groups is 1. The predicted molar refractivity (Wildman–Crippen MR) is 80.9 cm³/mol. The molecule has 5 heteroatoms. The van der Waals surface area contributed by atoms with E-state index in [1.165, 1.54) is 0 Å². The zero-order valence-electron chi connectivity index (χ0n) is 12.1. The monoisotopic (exact) mass is 294 g/mol. The molecule has 2 rings (SSSR count). The van der Waals surface area contributed by atoms with Crippen molar-refractivity contribution < 1.29 is 9.90 Å². The highest BCUT2D eigenvalue weighted by Crippen LogP contribution is 2.27. The van der Waals surface area contributed by atoms with Crippen LogP contribution in [0.1, 0.15) is 36.0 Å². The number of hydrogen-bond donors (Lipinski definition) is 1. The minimum absolute atomic E-state index is 0.0394. The second-order valence-electron chi connectivity index (χ2n) is 5.36. The fourth-order valence-electron chi connectivity index (χ4n) is 2.71. The molecule has 1 aliphatic rings. The Morgan fingerprint density at radius 2 is 2.10 bits per heavy atom. The highest BCUT2D eigenvalue weighted by atomic mass is 32.2. The molecular weight excluding hydrogens is 272 g/mol. The van der Waals surface area contributed by atoms with Crippen LogP contribution in [0.25, 0.3) is 0 Å². The summed E-state index contributed by atoms with van der Waals surface area (Å²) in [5.74, 6) is 0.454. The van der Waals surface area contributed by atoms with Gasteiger partial charge in [-0.05, 0) is 50.0 Å². The molecule has 0 unspecified atom stereocenters. The fraction of sp³-hybridized carbons (Fsp3) is 0.600. The van der Waals surface area contributed by atoms with Gasteiger partial charge in [-0.1, -0.05) is 0 Å². The Hall–Kier alpha value is -1.07. The number of nitrogens with zero attached hydrogens (tertiary/aromatic N) is 2. The normalized spacial score (nSPS) is 22.6. The van der Waals surface area contributed by atoms with Gasteiger partial charge in [0.15, 0.2) is 0 Å². The van der Waals surface area contributed by atoms with Crippen molar-refractivity contribution in [1.82, 2.24) is 9.88 Å². The summed E-state index contributed by atoms with van der Waals surface area (Å²) in [6, 6.07) is 4.01. The molecule has 0 atom stereocenters. The van der Waals surface area contributed by atoms with Gasteiger partial charge in [0, 0.05) is 25.9 Å². The van der Waals surface area contributed by atoms with E-state index in [1.54, 1.807) is 18.0 Å². The van der Waals surface area contributed by atoms with E-state index in [-0.39, 0.29) is 18.6 Å². The molecule has 1 aromatic rings. The van der Waals surface area contributed by atoms with Crippen molar-refractivity contribution in [2.45, 2.75) is 36.8 Å². The molecule has 1 heterocycles. The van der Waals surface area contributed by atoms with Crippen LogP contribution >= 0.6 is 11.8 Å². The lowest BCUT2D eigenvalue weighted by atomic mass is 9.86. The van der Waals surface area contributed by atoms with Crippen molar-refractivity contribution >= 4 is 17.7 Å². The third-order valence-corrected chi connectivity index (χ3v) is 4.79. The summed E-state index contributed by atoms with van der Waals surface area (Å²) in [7, 11) is 1.87. The average molecular weight is 294 g/mol. The summed E-state index contributed by atoms with van der Waals surface area (Å²) in [6.45, 7) is 0.268. The lowest BCUT2D eigenvalue weighted by Crippen LogP contribution is -2.39. The molecule has 0 saturated heterocycles. The number of carbonyl (C=O) groups is 1. The molecule has 0 radical (unpaired) electrons. The minimum atomic E-state index is 0.0394. The largest absolute Gasteiger partial charge is 0.396 e. The molecule has 1 fully saturated rings. The Labute approximate surface area is 124 Å². The molecule has 20 heavy (non-hydrogen) atoms. The van der Waals surface area contributed by atoms with Crippen LogP contribution in [0, 0.1) is 5.92 Å². The van der Waals surface area contributed by atoms with Gasteiger partial charge in [0.2, 0.25) is 0 Å². The first kappa shape index (κ1) is 15.3. The van der Waals surface area contributed by atoms with Crippen molar-refractivity contribution in [1.29, 1.82) is 0 Å². The Kier molecular flexibility index (Phi) is 5.43. The number of rotatable bonds is 4. The molecule has 1 saturated carbocycles. The summed E-state index contributed by atoms with van der Waals surface area (Å²) in [4.78, 5) is 18.5.